The molecule has 0 atom stereocenters. The van der Waals surface area contributed by atoms with E-state index in [1.165, 1.54) is 10.6 Å². The van der Waals surface area contributed by atoms with Crippen molar-refractivity contribution in [3.8, 4) is 0 Å². The first-order valence-corrected chi connectivity index (χ1v) is 6.10. The molecule has 0 aliphatic heterocycles. The topological polar surface area (TPSA) is 42.3 Å². The Hall–Kier alpha value is -2.36. The largest absolute Gasteiger partial charge is 0.340 e. The van der Waals surface area contributed by atoms with Gasteiger partial charge < -0.3 is 9.47 Å². The van der Waals surface area contributed by atoms with Gasteiger partial charge in [-0.1, -0.05) is 36.4 Å². The summed E-state index contributed by atoms with van der Waals surface area (Å²) in [4.78, 5) is 25.2. The summed E-state index contributed by atoms with van der Waals surface area (Å²) >= 11 is 0. The lowest BCUT2D eigenvalue weighted by Crippen LogP contribution is -2.33. The van der Waals surface area contributed by atoms with Gasteiger partial charge in [0.05, 0.1) is 0 Å². The van der Waals surface area contributed by atoms with Gasteiger partial charge in [-0.2, -0.15) is 0 Å². The van der Waals surface area contributed by atoms with Crippen LogP contribution in [0.2, 0.25) is 0 Å². The molecule has 0 saturated heterocycles. The summed E-state index contributed by atoms with van der Waals surface area (Å²) in [5, 5.41) is 0. The summed E-state index contributed by atoms with van der Waals surface area (Å²) in [6.07, 6.45) is 1.62. The lowest BCUT2D eigenvalue weighted by Gasteiger charge is -2.17. The van der Waals surface area contributed by atoms with Crippen molar-refractivity contribution in [2.75, 3.05) is 7.05 Å². The molecular formula is C15H16N2O2. The van der Waals surface area contributed by atoms with Gasteiger partial charge >= 0.3 is 0 Å². The highest BCUT2D eigenvalue weighted by molar-refractivity contribution is 5.75. The molecule has 98 valence electrons. The fourth-order valence-corrected chi connectivity index (χ4v) is 1.80. The Labute approximate surface area is 111 Å². The minimum Gasteiger partial charge on any atom is -0.340 e. The molecule has 1 aromatic heterocycles. The van der Waals surface area contributed by atoms with Gasteiger partial charge in [0, 0.05) is 25.9 Å². The number of nitrogens with zero attached hydrogens (tertiary/aromatic N) is 2. The second-order valence-electron chi connectivity index (χ2n) is 4.40. The molecule has 19 heavy (non-hydrogen) atoms. The maximum atomic E-state index is 12.0. The van der Waals surface area contributed by atoms with Crippen molar-refractivity contribution in [2.24, 2.45) is 0 Å². The van der Waals surface area contributed by atoms with Crippen LogP contribution in [-0.4, -0.2) is 22.4 Å². The van der Waals surface area contributed by atoms with Crippen LogP contribution in [0.1, 0.15) is 5.56 Å². The Morgan fingerprint density at radius 1 is 1.11 bits per heavy atom. The van der Waals surface area contributed by atoms with E-state index in [4.69, 9.17) is 0 Å². The Morgan fingerprint density at radius 2 is 1.79 bits per heavy atom. The molecule has 4 nitrogen and oxygen atoms in total. The third kappa shape index (κ3) is 3.55. The minimum atomic E-state index is -0.163. The zero-order valence-electron chi connectivity index (χ0n) is 10.8. The molecule has 1 amide bonds. The van der Waals surface area contributed by atoms with Crippen LogP contribution >= 0.6 is 0 Å². The van der Waals surface area contributed by atoms with E-state index in [0.29, 0.717) is 6.54 Å². The van der Waals surface area contributed by atoms with Crippen molar-refractivity contribution in [1.29, 1.82) is 0 Å². The summed E-state index contributed by atoms with van der Waals surface area (Å²) in [5.41, 5.74) is 0.905. The quantitative estimate of drug-likeness (QED) is 0.832. The van der Waals surface area contributed by atoms with Gasteiger partial charge in [-0.25, -0.2) is 0 Å². The highest BCUT2D eigenvalue weighted by atomic mass is 16.2. The molecular weight excluding hydrogens is 240 g/mol. The molecule has 1 aromatic carbocycles. The number of likely N-dealkylation sites (N-methyl/N-ethyl adjacent to an activating group) is 1. The third-order valence-electron chi connectivity index (χ3n) is 2.89. The molecule has 0 aliphatic rings. The molecule has 0 unspecified atom stereocenters. The number of pyridine rings is 1. The van der Waals surface area contributed by atoms with Gasteiger partial charge in [0.25, 0.3) is 5.56 Å². The van der Waals surface area contributed by atoms with E-state index >= 15 is 0 Å². The number of amides is 1. The molecule has 0 spiro atoms. The van der Waals surface area contributed by atoms with E-state index < -0.39 is 0 Å². The standard InChI is InChI=1S/C15H16N2O2/c1-16(11-13-7-3-2-4-8-13)15(19)12-17-10-6-5-9-14(17)18/h2-10H,11-12H2,1H3. The van der Waals surface area contributed by atoms with Gasteiger partial charge in [0.15, 0.2) is 0 Å². The summed E-state index contributed by atoms with van der Waals surface area (Å²) in [6.45, 7) is 0.615. The number of hydrogen-bond donors (Lipinski definition) is 0. The average Bonchev–Trinajstić information content (AvgIpc) is 2.42. The van der Waals surface area contributed by atoms with Crippen LogP contribution in [0.3, 0.4) is 0 Å². The normalized spacial score (nSPS) is 10.2. The number of benzene rings is 1. The molecule has 0 saturated carbocycles. The van der Waals surface area contributed by atoms with Gasteiger partial charge in [-0.3, -0.25) is 9.59 Å². The number of rotatable bonds is 4. The lowest BCUT2D eigenvalue weighted by atomic mass is 10.2. The number of carbonyl (C=O) groups excluding carboxylic acids is 1. The average molecular weight is 256 g/mol. The van der Waals surface area contributed by atoms with Crippen LogP contribution < -0.4 is 5.56 Å². The van der Waals surface area contributed by atoms with Crippen LogP contribution in [-0.2, 0) is 17.9 Å². The molecule has 1 heterocycles. The van der Waals surface area contributed by atoms with Gasteiger partial charge in [0.2, 0.25) is 5.91 Å². The molecule has 0 fully saturated rings. The zero-order valence-corrected chi connectivity index (χ0v) is 10.8. The number of aromatic nitrogens is 1. The monoisotopic (exact) mass is 256 g/mol. The molecule has 2 rings (SSSR count). The highest BCUT2D eigenvalue weighted by Crippen LogP contribution is 2.03. The summed E-state index contributed by atoms with van der Waals surface area (Å²) in [7, 11) is 1.74. The van der Waals surface area contributed by atoms with Crippen LogP contribution in [0.25, 0.3) is 0 Å². The van der Waals surface area contributed by atoms with Crippen molar-refractivity contribution in [1.82, 2.24) is 9.47 Å². The molecule has 0 radical (unpaired) electrons. The Morgan fingerprint density at radius 3 is 2.47 bits per heavy atom. The van der Waals surface area contributed by atoms with E-state index in [2.05, 4.69) is 0 Å². The van der Waals surface area contributed by atoms with Crippen molar-refractivity contribution >= 4 is 5.91 Å². The SMILES string of the molecule is CN(Cc1ccccc1)C(=O)Cn1ccccc1=O. The molecule has 0 N–H and O–H groups in total. The van der Waals surface area contributed by atoms with Gasteiger partial charge in [-0.05, 0) is 11.6 Å². The fourth-order valence-electron chi connectivity index (χ4n) is 1.80. The fraction of sp³-hybridized carbons (Fsp3) is 0.200. The van der Waals surface area contributed by atoms with Crippen LogP contribution in [0.5, 0.6) is 0 Å². The molecule has 0 aliphatic carbocycles. The second-order valence-corrected chi connectivity index (χ2v) is 4.40. The predicted octanol–water partition coefficient (Wildman–Crippen LogP) is 1.51. The molecule has 4 heteroatoms. The van der Waals surface area contributed by atoms with Gasteiger partial charge in [0.1, 0.15) is 6.54 Å². The van der Waals surface area contributed by atoms with Crippen molar-refractivity contribution in [3.05, 3.63) is 70.6 Å². The van der Waals surface area contributed by atoms with E-state index in [-0.39, 0.29) is 18.0 Å². The van der Waals surface area contributed by atoms with Crippen molar-refractivity contribution < 1.29 is 4.79 Å². The molecule has 2 aromatic rings. The second kappa shape index (κ2) is 6.00. The van der Waals surface area contributed by atoms with E-state index in [1.807, 2.05) is 30.3 Å². The summed E-state index contributed by atoms with van der Waals surface area (Å²) in [5.74, 6) is -0.0860. The van der Waals surface area contributed by atoms with Crippen LogP contribution in [0.4, 0.5) is 0 Å². The zero-order chi connectivity index (χ0) is 13.7. The summed E-state index contributed by atoms with van der Waals surface area (Å²) < 4.78 is 1.41. The Bertz CT molecular complexity index is 605. The third-order valence-corrected chi connectivity index (χ3v) is 2.89. The van der Waals surface area contributed by atoms with Crippen molar-refractivity contribution in [3.63, 3.8) is 0 Å². The van der Waals surface area contributed by atoms with E-state index in [1.54, 1.807) is 30.3 Å². The first-order chi connectivity index (χ1) is 9.16. The number of hydrogen-bond acceptors (Lipinski definition) is 2. The van der Waals surface area contributed by atoms with Crippen LogP contribution in [0, 0.1) is 0 Å². The minimum absolute atomic E-state index is 0.0724. The first kappa shape index (κ1) is 13.1. The van der Waals surface area contributed by atoms with Gasteiger partial charge in [-0.15, -0.1) is 0 Å². The summed E-state index contributed by atoms with van der Waals surface area (Å²) in [6, 6.07) is 14.6. The van der Waals surface area contributed by atoms with E-state index in [0.717, 1.165) is 5.56 Å². The Kier molecular flexibility index (Phi) is 4.13. The van der Waals surface area contributed by atoms with E-state index in [9.17, 15) is 9.59 Å². The molecule has 0 bridgehead atoms. The highest BCUT2D eigenvalue weighted by Gasteiger charge is 2.10. The maximum Gasteiger partial charge on any atom is 0.250 e. The van der Waals surface area contributed by atoms with Crippen molar-refractivity contribution in [2.45, 2.75) is 13.1 Å². The maximum absolute atomic E-state index is 12.0. The smallest absolute Gasteiger partial charge is 0.250 e. The Balaban J connectivity index is 2.01. The van der Waals surface area contributed by atoms with Crippen LogP contribution in [0.15, 0.2) is 59.5 Å². The lowest BCUT2D eigenvalue weighted by molar-refractivity contribution is -0.131. The predicted molar refractivity (Wildman–Crippen MR) is 73.6 cm³/mol. The number of carbonyl (C=O) groups is 1. The first-order valence-electron chi connectivity index (χ1n) is 6.10.